The second-order valence-corrected chi connectivity index (χ2v) is 5.09. The molecular formula is C11H14Cl2. The van der Waals surface area contributed by atoms with Gasteiger partial charge in [-0.1, -0.05) is 50.0 Å². The summed E-state index contributed by atoms with van der Waals surface area (Å²) >= 11 is 12.1. The van der Waals surface area contributed by atoms with E-state index in [4.69, 9.17) is 23.2 Å². The maximum atomic E-state index is 6.15. The van der Waals surface area contributed by atoms with Crippen molar-refractivity contribution in [3.8, 4) is 0 Å². The van der Waals surface area contributed by atoms with Crippen molar-refractivity contribution in [3.63, 3.8) is 0 Å². The first-order valence-corrected chi connectivity index (χ1v) is 5.04. The highest BCUT2D eigenvalue weighted by Gasteiger charge is 2.20. The number of rotatable bonds is 0. The maximum Gasteiger partial charge on any atom is 0.0632 e. The third-order valence-electron chi connectivity index (χ3n) is 2.05. The Labute approximate surface area is 89.9 Å². The minimum absolute atomic E-state index is 0.0477. The van der Waals surface area contributed by atoms with Crippen LogP contribution >= 0.6 is 23.2 Å². The molecule has 72 valence electrons. The highest BCUT2D eigenvalue weighted by molar-refractivity contribution is 6.42. The fraction of sp³-hybridized carbons (Fsp3) is 0.455. The van der Waals surface area contributed by atoms with Crippen LogP contribution in [-0.2, 0) is 5.41 Å². The van der Waals surface area contributed by atoms with Gasteiger partial charge in [0, 0.05) is 0 Å². The van der Waals surface area contributed by atoms with Crippen LogP contribution in [0.1, 0.15) is 31.9 Å². The molecule has 2 heteroatoms. The summed E-state index contributed by atoms with van der Waals surface area (Å²) in [6, 6.07) is 3.85. The van der Waals surface area contributed by atoms with Gasteiger partial charge < -0.3 is 0 Å². The lowest BCUT2D eigenvalue weighted by atomic mass is 9.84. The van der Waals surface area contributed by atoms with Crippen molar-refractivity contribution in [3.05, 3.63) is 33.3 Å². The number of benzene rings is 1. The van der Waals surface area contributed by atoms with Crippen LogP contribution in [-0.4, -0.2) is 0 Å². The molecule has 0 atom stereocenters. The first-order chi connectivity index (χ1) is 5.84. The van der Waals surface area contributed by atoms with Gasteiger partial charge in [-0.05, 0) is 29.5 Å². The number of hydrogen-bond acceptors (Lipinski definition) is 0. The third-order valence-corrected chi connectivity index (χ3v) is 2.86. The molecule has 0 radical (unpaired) electrons. The summed E-state index contributed by atoms with van der Waals surface area (Å²) in [5.41, 5.74) is 2.38. The van der Waals surface area contributed by atoms with Crippen LogP contribution in [0.3, 0.4) is 0 Å². The largest absolute Gasteiger partial charge is 0.0827 e. The van der Waals surface area contributed by atoms with E-state index in [2.05, 4.69) is 27.7 Å². The normalized spacial score (nSPS) is 11.8. The highest BCUT2D eigenvalue weighted by Crippen LogP contribution is 2.36. The summed E-state index contributed by atoms with van der Waals surface area (Å²) in [6.07, 6.45) is 0. The Morgan fingerprint density at radius 2 is 1.62 bits per heavy atom. The Morgan fingerprint density at radius 3 is 2.00 bits per heavy atom. The highest BCUT2D eigenvalue weighted by atomic mass is 35.5. The predicted molar refractivity (Wildman–Crippen MR) is 59.9 cm³/mol. The van der Waals surface area contributed by atoms with Crippen LogP contribution < -0.4 is 0 Å². The lowest BCUT2D eigenvalue weighted by Gasteiger charge is -2.23. The molecule has 0 aliphatic heterocycles. The SMILES string of the molecule is Cc1ccc(Cl)c(Cl)c1C(C)(C)C. The van der Waals surface area contributed by atoms with E-state index < -0.39 is 0 Å². The topological polar surface area (TPSA) is 0 Å². The molecule has 0 spiro atoms. The zero-order valence-electron chi connectivity index (χ0n) is 8.41. The molecule has 1 aromatic rings. The van der Waals surface area contributed by atoms with Crippen molar-refractivity contribution >= 4 is 23.2 Å². The first-order valence-electron chi connectivity index (χ1n) is 4.29. The van der Waals surface area contributed by atoms with E-state index in [-0.39, 0.29) is 5.41 Å². The van der Waals surface area contributed by atoms with E-state index in [0.717, 1.165) is 5.56 Å². The zero-order chi connectivity index (χ0) is 10.2. The number of halogens is 2. The molecule has 0 unspecified atom stereocenters. The van der Waals surface area contributed by atoms with Gasteiger partial charge in [-0.15, -0.1) is 0 Å². The van der Waals surface area contributed by atoms with Gasteiger partial charge in [0.1, 0.15) is 0 Å². The molecule has 0 aliphatic rings. The molecule has 13 heavy (non-hydrogen) atoms. The Morgan fingerprint density at radius 1 is 1.08 bits per heavy atom. The molecule has 0 saturated heterocycles. The lowest BCUT2D eigenvalue weighted by molar-refractivity contribution is 0.586. The Balaban J connectivity index is 3.43. The average Bonchev–Trinajstić information content (AvgIpc) is 1.95. The van der Waals surface area contributed by atoms with E-state index in [0.29, 0.717) is 10.0 Å². The number of aryl methyl sites for hydroxylation is 1. The van der Waals surface area contributed by atoms with E-state index >= 15 is 0 Å². The monoisotopic (exact) mass is 216 g/mol. The quantitative estimate of drug-likeness (QED) is 0.595. The van der Waals surface area contributed by atoms with Crippen LogP contribution in [0.4, 0.5) is 0 Å². The molecule has 0 aliphatic carbocycles. The second kappa shape index (κ2) is 3.51. The van der Waals surface area contributed by atoms with Crippen LogP contribution in [0, 0.1) is 6.92 Å². The van der Waals surface area contributed by atoms with Gasteiger partial charge in [0.05, 0.1) is 10.0 Å². The van der Waals surface area contributed by atoms with Gasteiger partial charge in [0.25, 0.3) is 0 Å². The Bertz CT molecular complexity index is 322. The third kappa shape index (κ3) is 2.18. The van der Waals surface area contributed by atoms with Crippen LogP contribution in [0.2, 0.25) is 10.0 Å². The van der Waals surface area contributed by atoms with Crippen molar-refractivity contribution in [1.82, 2.24) is 0 Å². The van der Waals surface area contributed by atoms with Crippen LogP contribution in [0.15, 0.2) is 12.1 Å². The summed E-state index contributed by atoms with van der Waals surface area (Å²) in [7, 11) is 0. The minimum atomic E-state index is 0.0477. The van der Waals surface area contributed by atoms with Gasteiger partial charge in [0.2, 0.25) is 0 Å². The van der Waals surface area contributed by atoms with Gasteiger partial charge in [-0.3, -0.25) is 0 Å². The predicted octanol–water partition coefficient (Wildman–Crippen LogP) is 4.60. The van der Waals surface area contributed by atoms with Crippen molar-refractivity contribution in [2.45, 2.75) is 33.1 Å². The summed E-state index contributed by atoms with van der Waals surface area (Å²) < 4.78 is 0. The number of hydrogen-bond donors (Lipinski definition) is 0. The second-order valence-electron chi connectivity index (χ2n) is 4.30. The molecule has 1 aromatic carbocycles. The summed E-state index contributed by atoms with van der Waals surface area (Å²) in [4.78, 5) is 0. The molecule has 0 amide bonds. The fourth-order valence-corrected chi connectivity index (χ4v) is 2.22. The Kier molecular flexibility index (Phi) is 2.94. The zero-order valence-corrected chi connectivity index (χ0v) is 9.92. The van der Waals surface area contributed by atoms with Crippen molar-refractivity contribution in [2.24, 2.45) is 0 Å². The molecule has 0 heterocycles. The van der Waals surface area contributed by atoms with Gasteiger partial charge in [0.15, 0.2) is 0 Å². The molecule has 1 rings (SSSR count). The van der Waals surface area contributed by atoms with E-state index in [9.17, 15) is 0 Å². The van der Waals surface area contributed by atoms with Crippen molar-refractivity contribution in [1.29, 1.82) is 0 Å². The first kappa shape index (κ1) is 10.9. The molecule has 0 aromatic heterocycles. The minimum Gasteiger partial charge on any atom is -0.0827 e. The molecule has 0 saturated carbocycles. The molecule has 0 N–H and O–H groups in total. The lowest BCUT2D eigenvalue weighted by Crippen LogP contribution is -2.13. The molecule has 0 bridgehead atoms. The van der Waals surface area contributed by atoms with Gasteiger partial charge >= 0.3 is 0 Å². The molecular weight excluding hydrogens is 203 g/mol. The van der Waals surface area contributed by atoms with Crippen LogP contribution in [0.5, 0.6) is 0 Å². The van der Waals surface area contributed by atoms with E-state index in [1.54, 1.807) is 0 Å². The van der Waals surface area contributed by atoms with E-state index in [1.165, 1.54) is 5.56 Å². The maximum absolute atomic E-state index is 6.15. The van der Waals surface area contributed by atoms with Gasteiger partial charge in [-0.2, -0.15) is 0 Å². The average molecular weight is 217 g/mol. The fourth-order valence-electron chi connectivity index (χ4n) is 1.57. The molecule has 0 nitrogen and oxygen atoms in total. The summed E-state index contributed by atoms with van der Waals surface area (Å²) in [6.45, 7) is 8.47. The van der Waals surface area contributed by atoms with Crippen molar-refractivity contribution in [2.75, 3.05) is 0 Å². The van der Waals surface area contributed by atoms with Crippen LogP contribution in [0.25, 0.3) is 0 Å². The van der Waals surface area contributed by atoms with E-state index in [1.807, 2.05) is 12.1 Å². The molecule has 0 fully saturated rings. The van der Waals surface area contributed by atoms with Gasteiger partial charge in [-0.25, -0.2) is 0 Å². The standard InChI is InChI=1S/C11H14Cl2/c1-7-5-6-8(12)10(13)9(7)11(2,3)4/h5-6H,1-4H3. The summed E-state index contributed by atoms with van der Waals surface area (Å²) in [5.74, 6) is 0. The van der Waals surface area contributed by atoms with Crippen molar-refractivity contribution < 1.29 is 0 Å². The Hall–Kier alpha value is -0.200. The smallest absolute Gasteiger partial charge is 0.0632 e. The summed E-state index contributed by atoms with van der Waals surface area (Å²) in [5, 5.41) is 1.33.